The Balaban J connectivity index is 2.65. The van der Waals surface area contributed by atoms with Crippen LogP contribution in [0.2, 0.25) is 0 Å². The number of nitrogens with one attached hydrogen (secondary N) is 1. The summed E-state index contributed by atoms with van der Waals surface area (Å²) in [7, 11) is 0. The molecule has 100 valence electrons. The summed E-state index contributed by atoms with van der Waals surface area (Å²) in [5.74, 6) is -1.56. The van der Waals surface area contributed by atoms with E-state index in [0.29, 0.717) is 11.8 Å². The lowest BCUT2D eigenvalue weighted by molar-refractivity contribution is -0.127. The fourth-order valence-electron chi connectivity index (χ4n) is 1.20. The van der Waals surface area contributed by atoms with Crippen LogP contribution in [-0.2, 0) is 9.53 Å². The molecule has 0 aliphatic heterocycles. The van der Waals surface area contributed by atoms with Crippen molar-refractivity contribution in [1.29, 1.82) is 0 Å². The van der Waals surface area contributed by atoms with E-state index in [9.17, 15) is 19.2 Å². The highest BCUT2D eigenvalue weighted by Gasteiger charge is 2.19. The highest BCUT2D eigenvalue weighted by atomic mass is 16.5. The van der Waals surface area contributed by atoms with Crippen LogP contribution < -0.4 is 11.1 Å². The van der Waals surface area contributed by atoms with Crippen molar-refractivity contribution in [3.8, 4) is 0 Å². The molecule has 19 heavy (non-hydrogen) atoms. The van der Waals surface area contributed by atoms with Crippen molar-refractivity contribution in [2.24, 2.45) is 5.73 Å². The van der Waals surface area contributed by atoms with Gasteiger partial charge in [0.05, 0.1) is 5.56 Å². The Kier molecular flexibility index (Phi) is 4.76. The first-order valence-corrected chi connectivity index (χ1v) is 5.30. The third-order valence-corrected chi connectivity index (χ3v) is 2.18. The summed E-state index contributed by atoms with van der Waals surface area (Å²) in [5, 5.41) is 1.79. The first kappa shape index (κ1) is 14.4. The van der Waals surface area contributed by atoms with Crippen LogP contribution in [-0.4, -0.2) is 30.3 Å². The number of imide groups is 1. The molecule has 0 aliphatic carbocycles. The van der Waals surface area contributed by atoms with Crippen LogP contribution in [0.3, 0.4) is 0 Å². The SMILES string of the molecule is CC(OC(=O)c1ccc(C=O)cc1)C(=O)NC(N)=O. The van der Waals surface area contributed by atoms with E-state index < -0.39 is 24.0 Å². The average Bonchev–Trinajstić information content (AvgIpc) is 2.37. The number of carbonyl (C=O) groups excluding carboxylic acids is 4. The van der Waals surface area contributed by atoms with Gasteiger partial charge in [0.1, 0.15) is 6.29 Å². The van der Waals surface area contributed by atoms with Crippen LogP contribution in [0.1, 0.15) is 27.6 Å². The molecule has 1 rings (SSSR count). The Morgan fingerprint density at radius 3 is 2.32 bits per heavy atom. The summed E-state index contributed by atoms with van der Waals surface area (Å²) in [4.78, 5) is 43.8. The van der Waals surface area contributed by atoms with Crippen molar-refractivity contribution in [3.05, 3.63) is 35.4 Å². The van der Waals surface area contributed by atoms with Crippen molar-refractivity contribution < 1.29 is 23.9 Å². The van der Waals surface area contributed by atoms with Gasteiger partial charge in [0.15, 0.2) is 6.10 Å². The van der Waals surface area contributed by atoms with Crippen LogP contribution in [0.15, 0.2) is 24.3 Å². The summed E-state index contributed by atoms with van der Waals surface area (Å²) in [5.41, 5.74) is 5.36. The number of ether oxygens (including phenoxy) is 1. The van der Waals surface area contributed by atoms with Crippen LogP contribution in [0.25, 0.3) is 0 Å². The molecule has 0 aromatic heterocycles. The van der Waals surface area contributed by atoms with E-state index >= 15 is 0 Å². The number of hydrogen-bond acceptors (Lipinski definition) is 5. The molecule has 0 aliphatic rings. The van der Waals surface area contributed by atoms with Crippen molar-refractivity contribution in [1.82, 2.24) is 5.32 Å². The number of carbonyl (C=O) groups is 4. The molecule has 0 saturated heterocycles. The largest absolute Gasteiger partial charge is 0.449 e. The maximum absolute atomic E-state index is 11.6. The molecule has 7 nitrogen and oxygen atoms in total. The molecule has 7 heteroatoms. The number of esters is 1. The van der Waals surface area contributed by atoms with E-state index in [-0.39, 0.29) is 5.56 Å². The predicted octanol–water partition coefficient (Wildman–Crippen LogP) is 0.239. The van der Waals surface area contributed by atoms with Crippen LogP contribution in [0, 0.1) is 0 Å². The topological polar surface area (TPSA) is 116 Å². The molecule has 1 atom stereocenters. The van der Waals surface area contributed by atoms with Gasteiger partial charge in [-0.3, -0.25) is 14.9 Å². The lowest BCUT2D eigenvalue weighted by Crippen LogP contribution is -2.42. The average molecular weight is 264 g/mol. The third-order valence-electron chi connectivity index (χ3n) is 2.18. The predicted molar refractivity (Wildman–Crippen MR) is 64.4 cm³/mol. The quantitative estimate of drug-likeness (QED) is 0.597. The number of aldehydes is 1. The van der Waals surface area contributed by atoms with Gasteiger partial charge in [-0.25, -0.2) is 9.59 Å². The fraction of sp³-hybridized carbons (Fsp3) is 0.167. The Bertz CT molecular complexity index is 509. The molecule has 3 N–H and O–H groups in total. The van der Waals surface area contributed by atoms with E-state index in [4.69, 9.17) is 10.5 Å². The molecular formula is C12H12N2O5. The molecule has 3 amide bonds. The van der Waals surface area contributed by atoms with Gasteiger partial charge in [0.2, 0.25) is 0 Å². The van der Waals surface area contributed by atoms with E-state index in [2.05, 4.69) is 0 Å². The third kappa shape index (κ3) is 4.23. The zero-order valence-electron chi connectivity index (χ0n) is 10.1. The van der Waals surface area contributed by atoms with Gasteiger partial charge in [0.25, 0.3) is 5.91 Å². The summed E-state index contributed by atoms with van der Waals surface area (Å²) < 4.78 is 4.83. The summed E-state index contributed by atoms with van der Waals surface area (Å²) >= 11 is 0. The van der Waals surface area contributed by atoms with E-state index in [0.717, 1.165) is 0 Å². The van der Waals surface area contributed by atoms with Gasteiger partial charge in [-0.05, 0) is 19.1 Å². The second kappa shape index (κ2) is 6.29. The number of urea groups is 1. The summed E-state index contributed by atoms with van der Waals surface area (Å²) in [6, 6.07) is 4.65. The van der Waals surface area contributed by atoms with Gasteiger partial charge >= 0.3 is 12.0 Å². The van der Waals surface area contributed by atoms with Gasteiger partial charge in [0, 0.05) is 5.56 Å². The molecule has 0 heterocycles. The van der Waals surface area contributed by atoms with Crippen LogP contribution >= 0.6 is 0 Å². The number of rotatable bonds is 4. The van der Waals surface area contributed by atoms with Crippen LogP contribution in [0.4, 0.5) is 4.79 Å². The van der Waals surface area contributed by atoms with Gasteiger partial charge in [-0.15, -0.1) is 0 Å². The second-order valence-corrected chi connectivity index (χ2v) is 3.64. The molecule has 1 aromatic carbocycles. The first-order valence-electron chi connectivity index (χ1n) is 5.30. The molecule has 1 unspecified atom stereocenters. The van der Waals surface area contributed by atoms with Crippen LogP contribution in [0.5, 0.6) is 0 Å². The minimum Gasteiger partial charge on any atom is -0.449 e. The highest BCUT2D eigenvalue weighted by molar-refractivity contribution is 5.98. The van der Waals surface area contributed by atoms with Gasteiger partial charge < -0.3 is 10.5 Å². The standard InChI is InChI=1S/C12H12N2O5/c1-7(10(16)14-12(13)18)19-11(17)9-4-2-8(6-15)3-5-9/h2-7H,1H3,(H3,13,14,16,18). The minimum atomic E-state index is -1.16. The Labute approximate surface area is 108 Å². The number of amides is 3. The van der Waals surface area contributed by atoms with Crippen molar-refractivity contribution >= 4 is 24.2 Å². The molecule has 0 radical (unpaired) electrons. The Morgan fingerprint density at radius 1 is 1.26 bits per heavy atom. The number of benzene rings is 1. The molecule has 1 aromatic rings. The highest BCUT2D eigenvalue weighted by Crippen LogP contribution is 2.06. The van der Waals surface area contributed by atoms with Gasteiger partial charge in [-0.2, -0.15) is 0 Å². The molecule has 0 fully saturated rings. The monoisotopic (exact) mass is 264 g/mol. The Hall–Kier alpha value is -2.70. The Morgan fingerprint density at radius 2 is 1.84 bits per heavy atom. The van der Waals surface area contributed by atoms with E-state index in [1.807, 2.05) is 0 Å². The van der Waals surface area contributed by atoms with E-state index in [1.54, 1.807) is 5.32 Å². The number of hydrogen-bond donors (Lipinski definition) is 2. The van der Waals surface area contributed by atoms with E-state index in [1.165, 1.54) is 31.2 Å². The zero-order chi connectivity index (χ0) is 14.4. The smallest absolute Gasteiger partial charge is 0.338 e. The number of nitrogens with two attached hydrogens (primary N) is 1. The number of primary amides is 1. The molecule has 0 spiro atoms. The molecule has 0 bridgehead atoms. The summed E-state index contributed by atoms with van der Waals surface area (Å²) in [6.07, 6.45) is -0.524. The minimum absolute atomic E-state index is 0.185. The first-order chi connectivity index (χ1) is 8.93. The van der Waals surface area contributed by atoms with Gasteiger partial charge in [-0.1, -0.05) is 12.1 Å². The van der Waals surface area contributed by atoms with Crippen molar-refractivity contribution in [3.63, 3.8) is 0 Å². The molecular weight excluding hydrogens is 252 g/mol. The summed E-state index contributed by atoms with van der Waals surface area (Å²) in [6.45, 7) is 1.30. The second-order valence-electron chi connectivity index (χ2n) is 3.64. The lowest BCUT2D eigenvalue weighted by Gasteiger charge is -2.11. The maximum Gasteiger partial charge on any atom is 0.338 e. The normalized spacial score (nSPS) is 11.2. The fourth-order valence-corrected chi connectivity index (χ4v) is 1.20. The van der Waals surface area contributed by atoms with Crippen molar-refractivity contribution in [2.45, 2.75) is 13.0 Å². The zero-order valence-corrected chi connectivity index (χ0v) is 10.1. The molecule has 0 saturated carbocycles. The van der Waals surface area contributed by atoms with Crippen molar-refractivity contribution in [2.75, 3.05) is 0 Å². The lowest BCUT2D eigenvalue weighted by atomic mass is 10.1. The maximum atomic E-state index is 11.6.